The van der Waals surface area contributed by atoms with Crippen LogP contribution in [0, 0.1) is 0 Å². The number of rotatable bonds is 5. The van der Waals surface area contributed by atoms with Crippen LogP contribution >= 0.6 is 11.3 Å². The molecule has 0 fully saturated rings. The van der Waals surface area contributed by atoms with Crippen LogP contribution in [-0.2, 0) is 11.3 Å². The Morgan fingerprint density at radius 2 is 2.16 bits per heavy atom. The van der Waals surface area contributed by atoms with Crippen molar-refractivity contribution in [1.29, 1.82) is 0 Å². The van der Waals surface area contributed by atoms with Crippen molar-refractivity contribution in [3.8, 4) is 0 Å². The number of halogens is 3. The average molecular weight is 297 g/mol. The molecule has 0 saturated carbocycles. The molecule has 2 N–H and O–H groups in total. The van der Waals surface area contributed by atoms with E-state index >= 15 is 0 Å². The molecule has 6 nitrogen and oxygen atoms in total. The highest BCUT2D eigenvalue weighted by Gasteiger charge is 2.33. The highest BCUT2D eigenvalue weighted by molar-refractivity contribution is 7.07. The van der Waals surface area contributed by atoms with Crippen molar-refractivity contribution in [2.45, 2.75) is 12.7 Å². The second kappa shape index (κ2) is 6.36. The summed E-state index contributed by atoms with van der Waals surface area (Å²) in [5.74, 6) is -1.52. The highest BCUT2D eigenvalue weighted by atomic mass is 32.1. The van der Waals surface area contributed by atoms with Crippen LogP contribution in [0.4, 0.5) is 18.0 Å². The monoisotopic (exact) mass is 297 g/mol. The smallest absolute Gasteiger partial charge is 0.406 e. The van der Waals surface area contributed by atoms with Crippen LogP contribution < -0.4 is 5.32 Å². The Balaban J connectivity index is 2.57. The number of amides is 2. The van der Waals surface area contributed by atoms with Gasteiger partial charge in [0.05, 0.1) is 17.7 Å². The van der Waals surface area contributed by atoms with Crippen molar-refractivity contribution >= 4 is 23.3 Å². The standard InChI is InChI=1S/C9H10F3N3O3S/c10-9(11,12)4-15(2-7(16)17)8(18)13-1-6-3-19-5-14-6/h3,5H,1-2,4H2,(H,13,18)(H,16,17). The van der Waals surface area contributed by atoms with E-state index in [1.54, 1.807) is 5.38 Å². The molecule has 0 atom stereocenters. The molecule has 19 heavy (non-hydrogen) atoms. The van der Waals surface area contributed by atoms with Crippen LogP contribution in [-0.4, -0.2) is 46.3 Å². The summed E-state index contributed by atoms with van der Waals surface area (Å²) in [7, 11) is 0. The molecule has 1 rings (SSSR count). The van der Waals surface area contributed by atoms with Crippen molar-refractivity contribution in [3.05, 3.63) is 16.6 Å². The molecule has 1 aromatic heterocycles. The number of hydrogen-bond acceptors (Lipinski definition) is 4. The Morgan fingerprint density at radius 1 is 1.47 bits per heavy atom. The third-order valence-electron chi connectivity index (χ3n) is 1.89. The van der Waals surface area contributed by atoms with Gasteiger partial charge in [0, 0.05) is 5.38 Å². The van der Waals surface area contributed by atoms with E-state index in [1.165, 1.54) is 16.8 Å². The Kier molecular flexibility index (Phi) is 5.10. The molecule has 0 spiro atoms. The average Bonchev–Trinajstić information content (AvgIpc) is 2.75. The zero-order valence-electron chi connectivity index (χ0n) is 9.48. The van der Waals surface area contributed by atoms with Crippen LogP contribution in [0.3, 0.4) is 0 Å². The summed E-state index contributed by atoms with van der Waals surface area (Å²) in [6, 6.07) is -1.10. The topological polar surface area (TPSA) is 82.5 Å². The molecule has 106 valence electrons. The Hall–Kier alpha value is -1.84. The molecule has 0 aliphatic carbocycles. The van der Waals surface area contributed by atoms with E-state index in [1.807, 2.05) is 0 Å². The summed E-state index contributed by atoms with van der Waals surface area (Å²) in [5.41, 5.74) is 1.99. The van der Waals surface area contributed by atoms with E-state index in [4.69, 9.17) is 5.11 Å². The number of hydrogen-bond donors (Lipinski definition) is 2. The minimum Gasteiger partial charge on any atom is -0.480 e. The fourth-order valence-corrected chi connectivity index (χ4v) is 1.74. The van der Waals surface area contributed by atoms with E-state index in [2.05, 4.69) is 10.3 Å². The van der Waals surface area contributed by atoms with Gasteiger partial charge < -0.3 is 15.3 Å². The predicted octanol–water partition coefficient (Wildman–Crippen LogP) is 1.30. The molecule has 2 amide bonds. The molecule has 0 aliphatic rings. The van der Waals surface area contributed by atoms with Gasteiger partial charge in [0.25, 0.3) is 0 Å². The Labute approximate surface area is 109 Å². The van der Waals surface area contributed by atoms with E-state index in [-0.39, 0.29) is 11.4 Å². The molecule has 0 aromatic carbocycles. The Bertz CT molecular complexity index is 436. The fraction of sp³-hybridized carbons (Fsp3) is 0.444. The van der Waals surface area contributed by atoms with Gasteiger partial charge in [-0.15, -0.1) is 11.3 Å². The van der Waals surface area contributed by atoms with Crippen LogP contribution in [0.15, 0.2) is 10.9 Å². The number of carboxylic acid groups (broad SMARTS) is 1. The maximum Gasteiger partial charge on any atom is 0.406 e. The number of aliphatic carboxylic acids is 1. The lowest BCUT2D eigenvalue weighted by Gasteiger charge is -2.22. The fourth-order valence-electron chi connectivity index (χ4n) is 1.18. The van der Waals surface area contributed by atoms with Gasteiger partial charge in [0.1, 0.15) is 13.1 Å². The van der Waals surface area contributed by atoms with Gasteiger partial charge in [-0.2, -0.15) is 13.2 Å². The first kappa shape index (κ1) is 15.2. The molecule has 0 unspecified atom stereocenters. The van der Waals surface area contributed by atoms with Crippen molar-refractivity contribution in [1.82, 2.24) is 15.2 Å². The van der Waals surface area contributed by atoms with Gasteiger partial charge in [0.15, 0.2) is 0 Å². The van der Waals surface area contributed by atoms with Crippen LogP contribution in [0.25, 0.3) is 0 Å². The summed E-state index contributed by atoms with van der Waals surface area (Å²) in [5, 5.41) is 12.3. The van der Waals surface area contributed by atoms with Gasteiger partial charge in [-0.25, -0.2) is 9.78 Å². The van der Waals surface area contributed by atoms with Gasteiger partial charge in [0.2, 0.25) is 0 Å². The molecule has 0 radical (unpaired) electrons. The normalized spacial score (nSPS) is 11.1. The minimum atomic E-state index is -4.66. The first-order chi connectivity index (χ1) is 8.78. The zero-order chi connectivity index (χ0) is 14.5. The van der Waals surface area contributed by atoms with E-state index in [0.717, 1.165) is 0 Å². The summed E-state index contributed by atoms with van der Waals surface area (Å²) in [6.07, 6.45) is -4.66. The maximum atomic E-state index is 12.2. The molecule has 0 aliphatic heterocycles. The maximum absolute atomic E-state index is 12.2. The molecule has 1 heterocycles. The third kappa shape index (κ3) is 6.04. The lowest BCUT2D eigenvalue weighted by atomic mass is 10.4. The van der Waals surface area contributed by atoms with Crippen LogP contribution in [0.1, 0.15) is 5.69 Å². The molecular formula is C9H10F3N3O3S. The van der Waals surface area contributed by atoms with Gasteiger partial charge >= 0.3 is 18.2 Å². The minimum absolute atomic E-state index is 0.0592. The van der Waals surface area contributed by atoms with E-state index in [9.17, 15) is 22.8 Å². The van der Waals surface area contributed by atoms with Crippen LogP contribution in [0.5, 0.6) is 0 Å². The van der Waals surface area contributed by atoms with Gasteiger partial charge in [-0.1, -0.05) is 0 Å². The van der Waals surface area contributed by atoms with Crippen molar-refractivity contribution in [2.75, 3.05) is 13.1 Å². The predicted molar refractivity (Wildman–Crippen MR) is 59.6 cm³/mol. The number of carbonyl (C=O) groups excluding carboxylic acids is 1. The quantitative estimate of drug-likeness (QED) is 0.858. The number of alkyl halides is 3. The number of thiazole rings is 1. The number of carbonyl (C=O) groups is 2. The van der Waals surface area contributed by atoms with Gasteiger partial charge in [-0.05, 0) is 0 Å². The van der Waals surface area contributed by atoms with Crippen molar-refractivity contribution < 1.29 is 27.9 Å². The van der Waals surface area contributed by atoms with E-state index < -0.39 is 31.3 Å². The largest absolute Gasteiger partial charge is 0.480 e. The number of nitrogens with one attached hydrogen (secondary N) is 1. The first-order valence-corrected chi connectivity index (χ1v) is 5.90. The summed E-state index contributed by atoms with van der Waals surface area (Å²) < 4.78 is 36.6. The van der Waals surface area contributed by atoms with Crippen LogP contribution in [0.2, 0.25) is 0 Å². The lowest BCUT2D eigenvalue weighted by molar-refractivity contribution is -0.148. The molecule has 0 saturated heterocycles. The number of urea groups is 1. The SMILES string of the molecule is O=C(O)CN(CC(F)(F)F)C(=O)NCc1cscn1. The van der Waals surface area contributed by atoms with Crippen molar-refractivity contribution in [3.63, 3.8) is 0 Å². The summed E-state index contributed by atoms with van der Waals surface area (Å²) in [6.45, 7) is -2.71. The highest BCUT2D eigenvalue weighted by Crippen LogP contribution is 2.16. The summed E-state index contributed by atoms with van der Waals surface area (Å²) >= 11 is 1.27. The molecular weight excluding hydrogens is 287 g/mol. The lowest BCUT2D eigenvalue weighted by Crippen LogP contribution is -2.46. The van der Waals surface area contributed by atoms with Crippen molar-refractivity contribution in [2.24, 2.45) is 0 Å². The molecule has 1 aromatic rings. The van der Waals surface area contributed by atoms with E-state index in [0.29, 0.717) is 5.69 Å². The zero-order valence-corrected chi connectivity index (χ0v) is 10.3. The molecule has 0 bridgehead atoms. The number of aromatic nitrogens is 1. The number of carboxylic acids is 1. The summed E-state index contributed by atoms with van der Waals surface area (Å²) in [4.78, 5) is 25.9. The second-order valence-electron chi connectivity index (χ2n) is 3.50. The third-order valence-corrected chi connectivity index (χ3v) is 2.52. The first-order valence-electron chi connectivity index (χ1n) is 4.96. The van der Waals surface area contributed by atoms with Gasteiger partial charge in [-0.3, -0.25) is 4.79 Å². The second-order valence-corrected chi connectivity index (χ2v) is 4.22. The Morgan fingerprint density at radius 3 is 2.63 bits per heavy atom. The number of nitrogens with zero attached hydrogens (tertiary/aromatic N) is 2. The molecule has 10 heteroatoms.